The van der Waals surface area contributed by atoms with Crippen molar-refractivity contribution >= 4 is 26.7 Å². The van der Waals surface area contributed by atoms with Gasteiger partial charge in [-0.1, -0.05) is 53.2 Å². The molecule has 2 aromatic rings. The van der Waals surface area contributed by atoms with Crippen molar-refractivity contribution in [1.29, 1.82) is 0 Å². The molecule has 0 aliphatic rings. The highest BCUT2D eigenvalue weighted by atomic mass is 79.9. The van der Waals surface area contributed by atoms with Crippen LogP contribution in [0.3, 0.4) is 0 Å². The molecule has 0 aromatic heterocycles. The van der Waals surface area contributed by atoms with Crippen LogP contribution in [0.25, 0.3) is 0 Å². The summed E-state index contributed by atoms with van der Waals surface area (Å²) in [7, 11) is 0.886. The molecular weight excluding hydrogens is 346 g/mol. The lowest BCUT2D eigenvalue weighted by Gasteiger charge is -2.26. The van der Waals surface area contributed by atoms with Crippen molar-refractivity contribution in [2.75, 3.05) is 7.05 Å². The van der Waals surface area contributed by atoms with Gasteiger partial charge in [-0.05, 0) is 43.3 Å². The smallest absolute Gasteiger partial charge is 0.0586 e. The maximum atomic E-state index is 12.9. The second kappa shape index (κ2) is 7.87. The summed E-state index contributed by atoms with van der Waals surface area (Å²) in [6, 6.07) is 18.0. The van der Waals surface area contributed by atoms with Gasteiger partial charge in [-0.3, -0.25) is 4.21 Å². The Morgan fingerprint density at radius 3 is 2.24 bits per heavy atom. The fraction of sp³-hybridized carbons (Fsp3) is 0.294. The first kappa shape index (κ1) is 16.4. The third-order valence-corrected chi connectivity index (χ3v) is 5.99. The molecule has 0 amide bonds. The first-order valence-electron chi connectivity index (χ1n) is 7.05. The molecule has 2 nitrogen and oxygen atoms in total. The molecule has 2 aromatic carbocycles. The van der Waals surface area contributed by atoms with E-state index in [2.05, 4.69) is 40.3 Å². The lowest BCUT2D eigenvalue weighted by Crippen LogP contribution is -2.32. The van der Waals surface area contributed by atoms with Gasteiger partial charge in [-0.15, -0.1) is 0 Å². The summed E-state index contributed by atoms with van der Waals surface area (Å²) in [5, 5.41) is 3.37. The van der Waals surface area contributed by atoms with Gasteiger partial charge in [0.25, 0.3) is 0 Å². The van der Waals surface area contributed by atoms with E-state index < -0.39 is 10.8 Å². The van der Waals surface area contributed by atoms with Crippen LogP contribution < -0.4 is 5.32 Å². The van der Waals surface area contributed by atoms with Crippen LogP contribution in [0.15, 0.2) is 64.0 Å². The molecule has 0 heterocycles. The van der Waals surface area contributed by atoms with Gasteiger partial charge < -0.3 is 5.32 Å². The van der Waals surface area contributed by atoms with Crippen LogP contribution in [0.1, 0.15) is 24.9 Å². The Labute approximate surface area is 137 Å². The summed E-state index contributed by atoms with van der Waals surface area (Å²) in [6.45, 7) is 2.09. The van der Waals surface area contributed by atoms with Crippen molar-refractivity contribution < 1.29 is 4.21 Å². The molecule has 0 fully saturated rings. The van der Waals surface area contributed by atoms with Crippen molar-refractivity contribution in [3.63, 3.8) is 0 Å². The Bertz CT molecular complexity index is 585. The van der Waals surface area contributed by atoms with Crippen molar-refractivity contribution in [3.8, 4) is 0 Å². The van der Waals surface area contributed by atoms with Crippen LogP contribution >= 0.6 is 15.9 Å². The standard InChI is InChI=1S/C17H20BrNOS/c1-3-16(17(19-2)13-7-5-4-6-8-13)21(20)15-11-9-14(18)10-12-15/h4-12,16-17,19H,3H2,1-2H3. The molecule has 3 unspecified atom stereocenters. The third-order valence-electron chi connectivity index (χ3n) is 3.56. The van der Waals surface area contributed by atoms with E-state index in [1.54, 1.807) is 0 Å². The largest absolute Gasteiger partial charge is 0.312 e. The molecular formula is C17H20BrNOS. The number of nitrogens with one attached hydrogen (secondary N) is 1. The lowest BCUT2D eigenvalue weighted by molar-refractivity contribution is 0.539. The second-order valence-electron chi connectivity index (χ2n) is 4.88. The molecule has 1 N–H and O–H groups in total. The zero-order valence-corrected chi connectivity index (χ0v) is 14.7. The van der Waals surface area contributed by atoms with Crippen LogP contribution in [0.2, 0.25) is 0 Å². The van der Waals surface area contributed by atoms with Gasteiger partial charge in [0.15, 0.2) is 0 Å². The van der Waals surface area contributed by atoms with Crippen LogP contribution in [-0.2, 0) is 10.8 Å². The van der Waals surface area contributed by atoms with Crippen LogP contribution in [0.5, 0.6) is 0 Å². The van der Waals surface area contributed by atoms with Crippen molar-refractivity contribution in [3.05, 3.63) is 64.6 Å². The lowest BCUT2D eigenvalue weighted by atomic mass is 10.0. The van der Waals surface area contributed by atoms with Crippen LogP contribution in [-0.4, -0.2) is 16.5 Å². The Morgan fingerprint density at radius 2 is 1.71 bits per heavy atom. The van der Waals surface area contributed by atoms with E-state index in [4.69, 9.17) is 0 Å². The topological polar surface area (TPSA) is 29.1 Å². The molecule has 0 bridgehead atoms. The van der Waals surface area contributed by atoms with E-state index in [-0.39, 0.29) is 11.3 Å². The van der Waals surface area contributed by atoms with Gasteiger partial charge in [0.2, 0.25) is 0 Å². The van der Waals surface area contributed by atoms with Gasteiger partial charge in [0.05, 0.1) is 16.0 Å². The minimum atomic E-state index is -1.04. The number of halogens is 1. The number of hydrogen-bond donors (Lipinski definition) is 1. The predicted octanol–water partition coefficient (Wildman–Crippen LogP) is 4.30. The van der Waals surface area contributed by atoms with E-state index in [0.717, 1.165) is 15.8 Å². The highest BCUT2D eigenvalue weighted by Crippen LogP contribution is 2.27. The van der Waals surface area contributed by atoms with E-state index in [1.807, 2.05) is 49.5 Å². The summed E-state index contributed by atoms with van der Waals surface area (Å²) in [4.78, 5) is 0.876. The molecule has 4 heteroatoms. The Balaban J connectivity index is 2.29. The van der Waals surface area contributed by atoms with Gasteiger partial charge in [-0.25, -0.2) is 0 Å². The van der Waals surface area contributed by atoms with Gasteiger partial charge in [-0.2, -0.15) is 0 Å². The van der Waals surface area contributed by atoms with Gasteiger partial charge >= 0.3 is 0 Å². The molecule has 0 saturated carbocycles. The van der Waals surface area contributed by atoms with E-state index in [9.17, 15) is 4.21 Å². The van der Waals surface area contributed by atoms with Crippen molar-refractivity contribution in [2.24, 2.45) is 0 Å². The first-order valence-corrected chi connectivity index (χ1v) is 9.06. The Hall–Kier alpha value is -0.970. The minimum Gasteiger partial charge on any atom is -0.312 e. The monoisotopic (exact) mass is 365 g/mol. The fourth-order valence-corrected chi connectivity index (χ4v) is 4.34. The first-order chi connectivity index (χ1) is 10.2. The number of rotatable bonds is 6. The zero-order valence-electron chi connectivity index (χ0n) is 12.3. The quantitative estimate of drug-likeness (QED) is 0.826. The summed E-state index contributed by atoms with van der Waals surface area (Å²) in [5.41, 5.74) is 1.18. The Morgan fingerprint density at radius 1 is 1.10 bits per heavy atom. The highest BCUT2D eigenvalue weighted by Gasteiger charge is 2.26. The van der Waals surface area contributed by atoms with E-state index in [0.29, 0.717) is 0 Å². The van der Waals surface area contributed by atoms with Gasteiger partial charge in [0.1, 0.15) is 0 Å². The SMILES string of the molecule is CCC(C(NC)c1ccccc1)S(=O)c1ccc(Br)cc1. The summed E-state index contributed by atoms with van der Waals surface area (Å²) in [6.07, 6.45) is 0.850. The minimum absolute atomic E-state index is 0.0403. The highest BCUT2D eigenvalue weighted by molar-refractivity contribution is 9.10. The van der Waals surface area contributed by atoms with Crippen LogP contribution in [0.4, 0.5) is 0 Å². The van der Waals surface area contributed by atoms with E-state index in [1.165, 1.54) is 5.56 Å². The average Bonchev–Trinajstić information content (AvgIpc) is 2.53. The summed E-state index contributed by atoms with van der Waals surface area (Å²) >= 11 is 3.42. The number of hydrogen-bond acceptors (Lipinski definition) is 2. The maximum Gasteiger partial charge on any atom is 0.0586 e. The Kier molecular flexibility index (Phi) is 6.15. The fourth-order valence-electron chi connectivity index (χ4n) is 2.48. The summed E-state index contributed by atoms with van der Waals surface area (Å²) < 4.78 is 13.9. The summed E-state index contributed by atoms with van der Waals surface area (Å²) in [5.74, 6) is 0. The van der Waals surface area contributed by atoms with Crippen molar-refractivity contribution in [2.45, 2.75) is 29.5 Å². The molecule has 0 spiro atoms. The average molecular weight is 366 g/mol. The molecule has 2 rings (SSSR count). The third kappa shape index (κ3) is 4.02. The molecule has 0 aliphatic heterocycles. The molecule has 0 aliphatic carbocycles. The molecule has 112 valence electrons. The molecule has 21 heavy (non-hydrogen) atoms. The number of benzene rings is 2. The molecule has 3 atom stereocenters. The molecule has 0 radical (unpaired) electrons. The molecule has 0 saturated heterocycles. The normalized spacial score (nSPS) is 15.4. The maximum absolute atomic E-state index is 12.9. The van der Waals surface area contributed by atoms with Crippen molar-refractivity contribution in [1.82, 2.24) is 5.32 Å². The van der Waals surface area contributed by atoms with Crippen LogP contribution in [0, 0.1) is 0 Å². The van der Waals surface area contributed by atoms with E-state index >= 15 is 0 Å². The second-order valence-corrected chi connectivity index (χ2v) is 7.46. The zero-order chi connectivity index (χ0) is 15.2. The van der Waals surface area contributed by atoms with Gasteiger partial charge in [0, 0.05) is 15.4 Å². The predicted molar refractivity (Wildman–Crippen MR) is 92.9 cm³/mol.